The summed E-state index contributed by atoms with van der Waals surface area (Å²) in [6, 6.07) is 11.1. The number of aliphatic imine (C=N–C) groups is 1. The summed E-state index contributed by atoms with van der Waals surface area (Å²) in [6.45, 7) is 8.28. The highest BCUT2D eigenvalue weighted by Crippen LogP contribution is 2.32. The van der Waals surface area contributed by atoms with Gasteiger partial charge in [-0.05, 0) is 64.9 Å². The normalized spacial score (nSPS) is 20.9. The number of hydrogen-bond donors (Lipinski definition) is 2. The molecule has 1 aliphatic rings. The van der Waals surface area contributed by atoms with Crippen molar-refractivity contribution in [2.24, 2.45) is 4.99 Å². The summed E-state index contributed by atoms with van der Waals surface area (Å²) >= 11 is 0. The van der Waals surface area contributed by atoms with E-state index >= 15 is 0 Å². The predicted octanol–water partition coefficient (Wildman–Crippen LogP) is 4.10. The van der Waals surface area contributed by atoms with E-state index < -0.39 is 14.6 Å². The third-order valence-electron chi connectivity index (χ3n) is 5.25. The Bertz CT molecular complexity index is 707. The molecular weight excluding hydrogens is 485 g/mol. The highest BCUT2D eigenvalue weighted by atomic mass is 127. The first-order valence-corrected chi connectivity index (χ1v) is 11.7. The minimum absolute atomic E-state index is 0. The monoisotopic (exact) mass is 521 g/mol. The van der Waals surface area contributed by atoms with Gasteiger partial charge in [0.05, 0.1) is 17.0 Å². The molecule has 1 aromatic carbocycles. The SMILES string of the molecule is CCNC(=NCCS(=O)(=O)C(C)(C)C)NC1CCC(c2ccccc2)CC1.I. The number of nitrogens with one attached hydrogen (secondary N) is 2. The second kappa shape index (κ2) is 11.4. The van der Waals surface area contributed by atoms with Gasteiger partial charge in [0.2, 0.25) is 0 Å². The van der Waals surface area contributed by atoms with Gasteiger partial charge < -0.3 is 10.6 Å². The van der Waals surface area contributed by atoms with Crippen LogP contribution in [0.1, 0.15) is 64.9 Å². The first kappa shape index (κ1) is 25.2. The molecule has 1 aromatic rings. The first-order valence-electron chi connectivity index (χ1n) is 10.0. The van der Waals surface area contributed by atoms with Crippen LogP contribution in [0.4, 0.5) is 0 Å². The molecule has 0 heterocycles. The molecule has 0 unspecified atom stereocenters. The van der Waals surface area contributed by atoms with Crippen LogP contribution in [-0.2, 0) is 9.84 Å². The Kier molecular flexibility index (Phi) is 10.2. The molecule has 0 atom stereocenters. The van der Waals surface area contributed by atoms with E-state index in [9.17, 15) is 8.42 Å². The lowest BCUT2D eigenvalue weighted by molar-refractivity contribution is 0.371. The summed E-state index contributed by atoms with van der Waals surface area (Å²) in [6.07, 6.45) is 4.54. The van der Waals surface area contributed by atoms with Crippen molar-refractivity contribution in [1.29, 1.82) is 0 Å². The number of nitrogens with zero attached hydrogens (tertiary/aromatic N) is 1. The van der Waals surface area contributed by atoms with Gasteiger partial charge in [0, 0.05) is 12.6 Å². The third-order valence-corrected chi connectivity index (χ3v) is 7.83. The molecule has 2 rings (SSSR count). The van der Waals surface area contributed by atoms with Gasteiger partial charge in [-0.25, -0.2) is 8.42 Å². The quantitative estimate of drug-likeness (QED) is 0.336. The van der Waals surface area contributed by atoms with Crippen molar-refractivity contribution in [3.63, 3.8) is 0 Å². The van der Waals surface area contributed by atoms with E-state index in [1.54, 1.807) is 20.8 Å². The van der Waals surface area contributed by atoms with Gasteiger partial charge in [0.25, 0.3) is 0 Å². The molecule has 7 heteroatoms. The maximum absolute atomic E-state index is 12.2. The Morgan fingerprint density at radius 1 is 1.11 bits per heavy atom. The molecule has 0 spiro atoms. The van der Waals surface area contributed by atoms with Crippen LogP contribution in [0.3, 0.4) is 0 Å². The minimum Gasteiger partial charge on any atom is -0.357 e. The van der Waals surface area contributed by atoms with Crippen molar-refractivity contribution in [1.82, 2.24) is 10.6 Å². The average molecular weight is 522 g/mol. The van der Waals surface area contributed by atoms with E-state index in [1.807, 2.05) is 6.92 Å². The fourth-order valence-electron chi connectivity index (χ4n) is 3.39. The number of rotatable bonds is 6. The van der Waals surface area contributed by atoms with Crippen molar-refractivity contribution >= 4 is 39.8 Å². The van der Waals surface area contributed by atoms with E-state index in [0.717, 1.165) is 25.3 Å². The molecule has 160 valence electrons. The third kappa shape index (κ3) is 7.54. The minimum atomic E-state index is -3.14. The largest absolute Gasteiger partial charge is 0.357 e. The van der Waals surface area contributed by atoms with Gasteiger partial charge in [0.1, 0.15) is 0 Å². The molecule has 2 N–H and O–H groups in total. The van der Waals surface area contributed by atoms with Crippen LogP contribution >= 0.6 is 24.0 Å². The van der Waals surface area contributed by atoms with Crippen LogP contribution in [0.25, 0.3) is 0 Å². The number of hydrogen-bond acceptors (Lipinski definition) is 3. The maximum atomic E-state index is 12.2. The van der Waals surface area contributed by atoms with Crippen molar-refractivity contribution in [2.75, 3.05) is 18.8 Å². The lowest BCUT2D eigenvalue weighted by atomic mass is 9.82. The molecule has 1 saturated carbocycles. The molecular formula is C21H36IN3O2S. The summed E-state index contributed by atoms with van der Waals surface area (Å²) in [5.41, 5.74) is 1.43. The standard InChI is InChI=1S/C21H35N3O2S.HI/c1-5-22-20(23-15-16-27(25,26)21(2,3)4)24-19-13-11-18(12-14-19)17-9-7-6-8-10-17;/h6-10,18-19H,5,11-16H2,1-4H3,(H2,22,23,24);1H. The first-order chi connectivity index (χ1) is 12.7. The second-order valence-electron chi connectivity index (χ2n) is 8.30. The van der Waals surface area contributed by atoms with Crippen molar-refractivity contribution in [2.45, 2.75) is 70.1 Å². The lowest BCUT2D eigenvalue weighted by Crippen LogP contribution is -2.45. The summed E-state index contributed by atoms with van der Waals surface area (Å²) in [5.74, 6) is 1.44. The predicted molar refractivity (Wildman–Crippen MR) is 130 cm³/mol. The molecule has 1 aliphatic carbocycles. The van der Waals surface area contributed by atoms with Gasteiger partial charge in [-0.15, -0.1) is 24.0 Å². The molecule has 0 aliphatic heterocycles. The summed E-state index contributed by atoms with van der Waals surface area (Å²) in [7, 11) is -3.14. The molecule has 0 aromatic heterocycles. The van der Waals surface area contributed by atoms with Crippen LogP contribution in [0.2, 0.25) is 0 Å². The van der Waals surface area contributed by atoms with Crippen molar-refractivity contribution < 1.29 is 8.42 Å². The average Bonchev–Trinajstić information content (AvgIpc) is 2.62. The van der Waals surface area contributed by atoms with Gasteiger partial charge in [-0.2, -0.15) is 0 Å². The number of guanidine groups is 1. The van der Waals surface area contributed by atoms with Crippen LogP contribution in [0, 0.1) is 0 Å². The lowest BCUT2D eigenvalue weighted by Gasteiger charge is -2.30. The second-order valence-corrected chi connectivity index (χ2v) is 11.2. The van der Waals surface area contributed by atoms with Crippen LogP contribution < -0.4 is 10.6 Å². The maximum Gasteiger partial charge on any atom is 0.191 e. The Morgan fingerprint density at radius 3 is 2.25 bits per heavy atom. The van der Waals surface area contributed by atoms with Crippen molar-refractivity contribution in [3.05, 3.63) is 35.9 Å². The molecule has 0 saturated heterocycles. The van der Waals surface area contributed by atoms with Gasteiger partial charge in [-0.3, -0.25) is 4.99 Å². The Morgan fingerprint density at radius 2 is 1.71 bits per heavy atom. The van der Waals surface area contributed by atoms with Crippen LogP contribution in [0.5, 0.6) is 0 Å². The number of sulfone groups is 1. The summed E-state index contributed by atoms with van der Waals surface area (Å²) < 4.78 is 23.8. The zero-order chi connectivity index (χ0) is 19.9. The van der Waals surface area contributed by atoms with E-state index in [2.05, 4.69) is 46.0 Å². The molecule has 28 heavy (non-hydrogen) atoms. The highest BCUT2D eigenvalue weighted by Gasteiger charge is 2.28. The molecule has 0 amide bonds. The van der Waals surface area contributed by atoms with Crippen molar-refractivity contribution in [3.8, 4) is 0 Å². The van der Waals surface area contributed by atoms with Crippen LogP contribution in [0.15, 0.2) is 35.3 Å². The number of halogens is 1. The van der Waals surface area contributed by atoms with Gasteiger partial charge >= 0.3 is 0 Å². The molecule has 0 radical (unpaired) electrons. The zero-order valence-electron chi connectivity index (χ0n) is 17.6. The van der Waals surface area contributed by atoms with E-state index in [4.69, 9.17) is 0 Å². The Balaban J connectivity index is 0.00000392. The summed E-state index contributed by atoms with van der Waals surface area (Å²) in [5, 5.41) is 6.74. The molecule has 0 bridgehead atoms. The fraction of sp³-hybridized carbons (Fsp3) is 0.667. The van der Waals surface area contributed by atoms with Crippen LogP contribution in [-0.4, -0.2) is 44.0 Å². The highest BCUT2D eigenvalue weighted by molar-refractivity contribution is 14.0. The van der Waals surface area contributed by atoms with E-state index in [-0.39, 0.29) is 36.3 Å². The molecule has 5 nitrogen and oxygen atoms in total. The Labute approximate surface area is 188 Å². The summed E-state index contributed by atoms with van der Waals surface area (Å²) in [4.78, 5) is 4.50. The van der Waals surface area contributed by atoms with Gasteiger partial charge in [-0.1, -0.05) is 30.3 Å². The fourth-order valence-corrected chi connectivity index (χ4v) is 4.34. The topological polar surface area (TPSA) is 70.6 Å². The van der Waals surface area contributed by atoms with E-state index in [0.29, 0.717) is 12.0 Å². The Hall–Kier alpha value is -0.830. The number of benzene rings is 1. The smallest absolute Gasteiger partial charge is 0.191 e. The zero-order valence-corrected chi connectivity index (χ0v) is 20.7. The molecule has 1 fully saturated rings. The van der Waals surface area contributed by atoms with E-state index in [1.165, 1.54) is 18.4 Å². The van der Waals surface area contributed by atoms with Gasteiger partial charge in [0.15, 0.2) is 15.8 Å².